The molecule has 1 aromatic heterocycles. The molecule has 1 aromatic carbocycles. The highest BCUT2D eigenvalue weighted by Crippen LogP contribution is 2.55. The smallest absolute Gasteiger partial charge is 0.237 e. The summed E-state index contributed by atoms with van der Waals surface area (Å²) in [4.78, 5) is 13.2. The van der Waals surface area contributed by atoms with Crippen LogP contribution in [0.2, 0.25) is 0 Å². The summed E-state index contributed by atoms with van der Waals surface area (Å²) in [6.07, 6.45) is 9.38. The van der Waals surface area contributed by atoms with Crippen molar-refractivity contribution in [3.05, 3.63) is 60.1 Å². The van der Waals surface area contributed by atoms with E-state index >= 15 is 0 Å². The second kappa shape index (κ2) is 7.07. The fraction of sp³-hybridized carbons (Fsp3) is 0.542. The van der Waals surface area contributed by atoms with E-state index in [1.54, 1.807) is 6.26 Å². The van der Waals surface area contributed by atoms with Gasteiger partial charge in [0.2, 0.25) is 5.91 Å². The van der Waals surface area contributed by atoms with E-state index < -0.39 is 0 Å². The molecule has 1 heterocycles. The first-order valence-corrected chi connectivity index (χ1v) is 10.8. The van der Waals surface area contributed by atoms with E-state index in [-0.39, 0.29) is 23.5 Å². The summed E-state index contributed by atoms with van der Waals surface area (Å²) in [5, 5.41) is 7.01. The Morgan fingerprint density at radius 1 is 1.00 bits per heavy atom. The lowest BCUT2D eigenvalue weighted by Gasteiger charge is -2.57. The maximum atomic E-state index is 13.2. The lowest BCUT2D eigenvalue weighted by atomic mass is 9.53. The van der Waals surface area contributed by atoms with E-state index in [2.05, 4.69) is 22.8 Å². The summed E-state index contributed by atoms with van der Waals surface area (Å²) < 4.78 is 5.67. The molecule has 0 saturated heterocycles. The second-order valence-electron chi connectivity index (χ2n) is 9.43. The highest BCUT2D eigenvalue weighted by atomic mass is 16.3. The van der Waals surface area contributed by atoms with Crippen LogP contribution in [0.15, 0.2) is 53.1 Å². The zero-order valence-electron chi connectivity index (χ0n) is 16.6. The molecule has 148 valence electrons. The standard InChI is InChI=1S/C24H30N2O2/c1-16(25-22(21-8-5-9-28-21)20-6-3-2-4-7-20)23(27)26-24-13-17-10-18(14-24)12-19(11-17)15-24/h2-9,16-19,22,25H,10-15H2,1H3,(H,26,27)/t16-,17?,18?,19?,22+,24?/m0/s1. The van der Waals surface area contributed by atoms with Crippen molar-refractivity contribution in [1.29, 1.82) is 0 Å². The number of amides is 1. The highest BCUT2D eigenvalue weighted by molar-refractivity contribution is 5.82. The van der Waals surface area contributed by atoms with Gasteiger partial charge in [0.25, 0.3) is 0 Å². The summed E-state index contributed by atoms with van der Waals surface area (Å²) in [7, 11) is 0. The SMILES string of the molecule is C[C@H](N[C@H](c1ccccc1)c1ccco1)C(=O)NC12CC3CC(CC(C3)C1)C2. The largest absolute Gasteiger partial charge is 0.467 e. The molecule has 4 nitrogen and oxygen atoms in total. The predicted octanol–water partition coefficient (Wildman–Crippen LogP) is 4.43. The topological polar surface area (TPSA) is 54.3 Å². The summed E-state index contributed by atoms with van der Waals surface area (Å²) >= 11 is 0. The van der Waals surface area contributed by atoms with Crippen LogP contribution in [0.25, 0.3) is 0 Å². The Labute approximate surface area is 167 Å². The van der Waals surface area contributed by atoms with Crippen molar-refractivity contribution in [2.75, 3.05) is 0 Å². The van der Waals surface area contributed by atoms with Crippen molar-refractivity contribution < 1.29 is 9.21 Å². The molecule has 28 heavy (non-hydrogen) atoms. The number of hydrogen-bond acceptors (Lipinski definition) is 3. The minimum absolute atomic E-state index is 0.0503. The van der Waals surface area contributed by atoms with Gasteiger partial charge < -0.3 is 9.73 Å². The Morgan fingerprint density at radius 3 is 2.21 bits per heavy atom. The molecule has 0 radical (unpaired) electrons. The summed E-state index contributed by atoms with van der Waals surface area (Å²) in [5.74, 6) is 3.44. The van der Waals surface area contributed by atoms with Crippen LogP contribution in [-0.4, -0.2) is 17.5 Å². The summed E-state index contributed by atoms with van der Waals surface area (Å²) in [5.41, 5.74) is 1.15. The van der Waals surface area contributed by atoms with Gasteiger partial charge >= 0.3 is 0 Å². The van der Waals surface area contributed by atoms with E-state index in [0.29, 0.717) is 0 Å². The number of hydrogen-bond donors (Lipinski definition) is 2. The molecule has 0 spiro atoms. The number of benzene rings is 1. The number of carbonyl (C=O) groups excluding carboxylic acids is 1. The molecule has 0 aliphatic heterocycles. The van der Waals surface area contributed by atoms with E-state index in [9.17, 15) is 4.79 Å². The van der Waals surface area contributed by atoms with Gasteiger partial charge in [-0.2, -0.15) is 0 Å². The van der Waals surface area contributed by atoms with Gasteiger partial charge in [-0.25, -0.2) is 0 Å². The van der Waals surface area contributed by atoms with E-state index in [1.807, 2.05) is 37.3 Å². The molecule has 4 aliphatic rings. The molecule has 1 amide bonds. The van der Waals surface area contributed by atoms with Crippen LogP contribution in [-0.2, 0) is 4.79 Å². The monoisotopic (exact) mass is 378 g/mol. The number of nitrogens with one attached hydrogen (secondary N) is 2. The van der Waals surface area contributed by atoms with Gasteiger partial charge in [0.15, 0.2) is 0 Å². The Bertz CT molecular complexity index is 779. The molecule has 4 fully saturated rings. The van der Waals surface area contributed by atoms with Crippen molar-refractivity contribution >= 4 is 5.91 Å². The number of rotatable bonds is 6. The molecule has 2 N–H and O–H groups in total. The summed E-state index contributed by atoms with van der Waals surface area (Å²) in [6, 6.07) is 13.6. The third-order valence-electron chi connectivity index (χ3n) is 7.20. The molecule has 4 bridgehead atoms. The Kier molecular flexibility index (Phi) is 4.54. The molecule has 2 aromatic rings. The van der Waals surface area contributed by atoms with Crippen LogP contribution in [0.5, 0.6) is 0 Å². The van der Waals surface area contributed by atoms with Gasteiger partial charge in [0, 0.05) is 5.54 Å². The Balaban J connectivity index is 1.30. The Hall–Kier alpha value is -2.07. The van der Waals surface area contributed by atoms with Gasteiger partial charge in [-0.1, -0.05) is 30.3 Å². The average molecular weight is 379 g/mol. The number of carbonyl (C=O) groups is 1. The van der Waals surface area contributed by atoms with E-state index in [4.69, 9.17) is 4.42 Å². The molecule has 0 unspecified atom stereocenters. The highest BCUT2D eigenvalue weighted by Gasteiger charge is 2.51. The molecular weight excluding hydrogens is 348 g/mol. The van der Waals surface area contributed by atoms with Gasteiger partial charge in [0.05, 0.1) is 18.3 Å². The fourth-order valence-electron chi connectivity index (χ4n) is 6.40. The average Bonchev–Trinajstić information content (AvgIpc) is 3.19. The number of furan rings is 1. The minimum Gasteiger partial charge on any atom is -0.467 e. The zero-order chi connectivity index (χ0) is 19.1. The molecular formula is C24H30N2O2. The lowest BCUT2D eigenvalue weighted by molar-refractivity contribution is -0.128. The quantitative estimate of drug-likeness (QED) is 0.782. The van der Waals surface area contributed by atoms with Crippen molar-refractivity contribution in [3.63, 3.8) is 0 Å². The molecule has 4 saturated carbocycles. The van der Waals surface area contributed by atoms with Crippen molar-refractivity contribution in [2.24, 2.45) is 17.8 Å². The normalized spacial score (nSPS) is 32.8. The second-order valence-corrected chi connectivity index (χ2v) is 9.43. The van der Waals surface area contributed by atoms with Gasteiger partial charge in [-0.15, -0.1) is 0 Å². The first-order valence-electron chi connectivity index (χ1n) is 10.8. The van der Waals surface area contributed by atoms with Crippen molar-refractivity contribution in [1.82, 2.24) is 10.6 Å². The minimum atomic E-state index is -0.289. The molecule has 4 heteroatoms. The van der Waals surface area contributed by atoms with Crippen LogP contribution >= 0.6 is 0 Å². The lowest BCUT2D eigenvalue weighted by Crippen LogP contribution is -2.62. The molecule has 2 atom stereocenters. The first kappa shape index (κ1) is 18.0. The third kappa shape index (κ3) is 3.39. The van der Waals surface area contributed by atoms with Gasteiger partial charge in [-0.3, -0.25) is 10.1 Å². The summed E-state index contributed by atoms with van der Waals surface area (Å²) in [6.45, 7) is 1.97. The first-order chi connectivity index (χ1) is 13.6. The van der Waals surface area contributed by atoms with Crippen LogP contribution < -0.4 is 10.6 Å². The van der Waals surface area contributed by atoms with Crippen LogP contribution in [0.3, 0.4) is 0 Å². The third-order valence-corrected chi connectivity index (χ3v) is 7.20. The Morgan fingerprint density at radius 2 is 1.64 bits per heavy atom. The molecule has 6 rings (SSSR count). The van der Waals surface area contributed by atoms with E-state index in [0.717, 1.165) is 29.1 Å². The fourth-order valence-corrected chi connectivity index (χ4v) is 6.40. The zero-order valence-corrected chi connectivity index (χ0v) is 16.6. The predicted molar refractivity (Wildman–Crippen MR) is 109 cm³/mol. The van der Waals surface area contributed by atoms with E-state index in [1.165, 1.54) is 38.5 Å². The maximum absolute atomic E-state index is 13.2. The van der Waals surface area contributed by atoms with Gasteiger partial charge in [-0.05, 0) is 80.9 Å². The van der Waals surface area contributed by atoms with Crippen molar-refractivity contribution in [3.8, 4) is 0 Å². The van der Waals surface area contributed by atoms with Crippen molar-refractivity contribution in [2.45, 2.75) is 63.1 Å². The van der Waals surface area contributed by atoms with Crippen LogP contribution in [0, 0.1) is 17.8 Å². The maximum Gasteiger partial charge on any atom is 0.237 e. The van der Waals surface area contributed by atoms with Crippen LogP contribution in [0.1, 0.15) is 62.8 Å². The molecule has 4 aliphatic carbocycles. The van der Waals surface area contributed by atoms with Crippen LogP contribution in [0.4, 0.5) is 0 Å². The van der Waals surface area contributed by atoms with Gasteiger partial charge in [0.1, 0.15) is 5.76 Å².